The molecule has 0 unspecified atom stereocenters. The molecule has 1 aromatic rings. The smallest absolute Gasteiger partial charge is 0.0637 e. The lowest BCUT2D eigenvalue weighted by molar-refractivity contribution is 0.203. The molecule has 0 aromatic heterocycles. The van der Waals surface area contributed by atoms with Crippen molar-refractivity contribution in [1.82, 2.24) is 5.32 Å². The summed E-state index contributed by atoms with van der Waals surface area (Å²) in [6.45, 7) is 3.08. The molecule has 1 aromatic carbocycles. The third-order valence-electron chi connectivity index (χ3n) is 3.48. The van der Waals surface area contributed by atoms with Gasteiger partial charge < -0.3 is 20.1 Å². The zero-order valence-electron chi connectivity index (χ0n) is 11.9. The van der Waals surface area contributed by atoms with E-state index in [1.165, 1.54) is 24.1 Å². The number of nitrogens with one attached hydrogen (secondary N) is 1. The van der Waals surface area contributed by atoms with Gasteiger partial charge in [0.2, 0.25) is 0 Å². The molecule has 0 radical (unpaired) electrons. The molecule has 0 amide bonds. The first-order valence-electron chi connectivity index (χ1n) is 7.11. The lowest BCUT2D eigenvalue weighted by Crippen LogP contribution is -2.31. The summed E-state index contributed by atoms with van der Waals surface area (Å²) in [6.07, 6.45) is 2.58. The number of aliphatic hydroxyl groups is 1. The number of aliphatic hydroxyl groups excluding tert-OH is 1. The maximum atomic E-state index is 9.28. The number of methoxy groups -OCH3 is 1. The van der Waals surface area contributed by atoms with Crippen LogP contribution in [0.5, 0.6) is 0 Å². The Morgan fingerprint density at radius 2 is 2.20 bits per heavy atom. The molecule has 112 valence electrons. The molecule has 2 rings (SSSR count). The number of hydrogen-bond acceptors (Lipinski definition) is 4. The second kappa shape index (κ2) is 7.98. The first-order chi connectivity index (χ1) is 9.74. The van der Waals surface area contributed by atoms with E-state index in [1.54, 1.807) is 7.11 Å². The molecule has 20 heavy (non-hydrogen) atoms. The standard InChI is InChI=1S/C15H23BrN2O2/c1-20-9-7-18(6-8-19)15-10-13(16)3-2-12(15)11-17-14-4-5-14/h2-3,10,14,17,19H,4-9,11H2,1H3. The number of anilines is 1. The van der Waals surface area contributed by atoms with Crippen LogP contribution in [0.1, 0.15) is 18.4 Å². The van der Waals surface area contributed by atoms with E-state index in [4.69, 9.17) is 4.74 Å². The summed E-state index contributed by atoms with van der Waals surface area (Å²) in [5.41, 5.74) is 2.43. The van der Waals surface area contributed by atoms with Gasteiger partial charge in [-0.15, -0.1) is 0 Å². The van der Waals surface area contributed by atoms with Gasteiger partial charge in [0.25, 0.3) is 0 Å². The quantitative estimate of drug-likeness (QED) is 0.721. The molecule has 0 saturated heterocycles. The first-order valence-corrected chi connectivity index (χ1v) is 7.90. The van der Waals surface area contributed by atoms with Crippen molar-refractivity contribution in [2.75, 3.05) is 38.3 Å². The van der Waals surface area contributed by atoms with E-state index in [0.29, 0.717) is 19.2 Å². The van der Waals surface area contributed by atoms with Crippen molar-refractivity contribution in [3.63, 3.8) is 0 Å². The lowest BCUT2D eigenvalue weighted by Gasteiger charge is -2.26. The minimum absolute atomic E-state index is 0.145. The van der Waals surface area contributed by atoms with Gasteiger partial charge in [-0.1, -0.05) is 22.0 Å². The van der Waals surface area contributed by atoms with E-state index >= 15 is 0 Å². The summed E-state index contributed by atoms with van der Waals surface area (Å²) < 4.78 is 6.23. The summed E-state index contributed by atoms with van der Waals surface area (Å²) in [6, 6.07) is 7.03. The van der Waals surface area contributed by atoms with E-state index in [2.05, 4.69) is 44.3 Å². The minimum Gasteiger partial charge on any atom is -0.395 e. The van der Waals surface area contributed by atoms with Crippen molar-refractivity contribution < 1.29 is 9.84 Å². The van der Waals surface area contributed by atoms with E-state index in [0.717, 1.165) is 17.6 Å². The minimum atomic E-state index is 0.145. The van der Waals surface area contributed by atoms with E-state index < -0.39 is 0 Å². The van der Waals surface area contributed by atoms with Crippen LogP contribution >= 0.6 is 15.9 Å². The Bertz CT molecular complexity index is 424. The molecule has 0 heterocycles. The molecule has 0 spiro atoms. The number of benzene rings is 1. The highest BCUT2D eigenvalue weighted by atomic mass is 79.9. The summed E-state index contributed by atoms with van der Waals surface area (Å²) in [4.78, 5) is 2.18. The number of rotatable bonds is 9. The monoisotopic (exact) mass is 342 g/mol. The zero-order valence-corrected chi connectivity index (χ0v) is 13.5. The van der Waals surface area contributed by atoms with Crippen molar-refractivity contribution in [2.45, 2.75) is 25.4 Å². The Morgan fingerprint density at radius 1 is 1.40 bits per heavy atom. The fourth-order valence-electron chi connectivity index (χ4n) is 2.20. The van der Waals surface area contributed by atoms with Crippen molar-refractivity contribution >= 4 is 21.6 Å². The van der Waals surface area contributed by atoms with Gasteiger partial charge in [-0.2, -0.15) is 0 Å². The molecule has 5 heteroatoms. The maximum Gasteiger partial charge on any atom is 0.0637 e. The van der Waals surface area contributed by atoms with Crippen molar-refractivity contribution in [1.29, 1.82) is 0 Å². The molecule has 1 aliphatic rings. The van der Waals surface area contributed by atoms with Crippen molar-refractivity contribution in [3.05, 3.63) is 28.2 Å². The van der Waals surface area contributed by atoms with Crippen LogP contribution < -0.4 is 10.2 Å². The van der Waals surface area contributed by atoms with Crippen LogP contribution in [0.4, 0.5) is 5.69 Å². The van der Waals surface area contributed by atoms with Gasteiger partial charge in [-0.05, 0) is 30.5 Å². The first kappa shape index (κ1) is 15.8. The Morgan fingerprint density at radius 3 is 2.85 bits per heavy atom. The van der Waals surface area contributed by atoms with E-state index in [-0.39, 0.29) is 6.61 Å². The molecular formula is C15H23BrN2O2. The summed E-state index contributed by atoms with van der Waals surface area (Å²) >= 11 is 3.54. The molecule has 0 aliphatic heterocycles. The fraction of sp³-hybridized carbons (Fsp3) is 0.600. The molecule has 1 saturated carbocycles. The predicted molar refractivity (Wildman–Crippen MR) is 85.2 cm³/mol. The van der Waals surface area contributed by atoms with Gasteiger partial charge in [0, 0.05) is 42.9 Å². The topological polar surface area (TPSA) is 44.7 Å². The normalized spacial score (nSPS) is 14.6. The predicted octanol–water partition coefficient (Wildman–Crippen LogP) is 2.15. The van der Waals surface area contributed by atoms with Crippen molar-refractivity contribution in [3.8, 4) is 0 Å². The Balaban J connectivity index is 2.12. The third kappa shape index (κ3) is 4.74. The molecule has 0 bridgehead atoms. The fourth-order valence-corrected chi connectivity index (χ4v) is 2.55. The molecular weight excluding hydrogens is 320 g/mol. The van der Waals surface area contributed by atoms with Gasteiger partial charge in [0.15, 0.2) is 0 Å². The Kier molecular flexibility index (Phi) is 6.29. The van der Waals surface area contributed by atoms with Crippen LogP contribution in [0.25, 0.3) is 0 Å². The second-order valence-electron chi connectivity index (χ2n) is 5.13. The van der Waals surface area contributed by atoms with Gasteiger partial charge in [-0.3, -0.25) is 0 Å². The van der Waals surface area contributed by atoms with E-state index in [9.17, 15) is 5.11 Å². The SMILES string of the molecule is COCCN(CCO)c1cc(Br)ccc1CNC1CC1. The number of halogens is 1. The molecule has 0 atom stereocenters. The van der Waals surface area contributed by atoms with Crippen LogP contribution in [0.3, 0.4) is 0 Å². The molecule has 1 aliphatic carbocycles. The summed E-state index contributed by atoms with van der Waals surface area (Å²) in [7, 11) is 1.70. The highest BCUT2D eigenvalue weighted by Gasteiger charge is 2.21. The van der Waals surface area contributed by atoms with Crippen LogP contribution in [-0.2, 0) is 11.3 Å². The molecule has 2 N–H and O–H groups in total. The second-order valence-corrected chi connectivity index (χ2v) is 6.05. The average molecular weight is 343 g/mol. The van der Waals surface area contributed by atoms with Crippen LogP contribution in [0.2, 0.25) is 0 Å². The Hall–Kier alpha value is -0.620. The molecule has 4 nitrogen and oxygen atoms in total. The van der Waals surface area contributed by atoms with Crippen molar-refractivity contribution in [2.24, 2.45) is 0 Å². The summed E-state index contributed by atoms with van der Waals surface area (Å²) in [5.74, 6) is 0. The number of nitrogens with zero attached hydrogens (tertiary/aromatic N) is 1. The highest BCUT2D eigenvalue weighted by Crippen LogP contribution is 2.27. The zero-order chi connectivity index (χ0) is 14.4. The Labute approximate surface area is 129 Å². The van der Waals surface area contributed by atoms with E-state index in [1.807, 2.05) is 0 Å². The molecule has 1 fully saturated rings. The van der Waals surface area contributed by atoms with Crippen LogP contribution in [0.15, 0.2) is 22.7 Å². The van der Waals surface area contributed by atoms with Gasteiger partial charge in [0.05, 0.1) is 13.2 Å². The summed E-state index contributed by atoms with van der Waals surface area (Å²) in [5, 5.41) is 12.8. The average Bonchev–Trinajstić information content (AvgIpc) is 3.26. The number of hydrogen-bond donors (Lipinski definition) is 2. The van der Waals surface area contributed by atoms with Crippen LogP contribution in [-0.4, -0.2) is 44.6 Å². The highest BCUT2D eigenvalue weighted by molar-refractivity contribution is 9.10. The number of ether oxygens (including phenoxy) is 1. The lowest BCUT2D eigenvalue weighted by atomic mass is 10.1. The third-order valence-corrected chi connectivity index (χ3v) is 3.98. The van der Waals surface area contributed by atoms with Crippen LogP contribution in [0, 0.1) is 0 Å². The maximum absolute atomic E-state index is 9.28. The van der Waals surface area contributed by atoms with Gasteiger partial charge in [-0.25, -0.2) is 0 Å². The van der Waals surface area contributed by atoms with Gasteiger partial charge in [0.1, 0.15) is 0 Å². The largest absolute Gasteiger partial charge is 0.395 e. The van der Waals surface area contributed by atoms with Gasteiger partial charge >= 0.3 is 0 Å².